The van der Waals surface area contributed by atoms with Crippen molar-refractivity contribution in [3.63, 3.8) is 0 Å². The first-order chi connectivity index (χ1) is 8.97. The van der Waals surface area contributed by atoms with Crippen molar-refractivity contribution in [3.8, 4) is 0 Å². The van der Waals surface area contributed by atoms with E-state index in [4.69, 9.17) is 5.11 Å². The summed E-state index contributed by atoms with van der Waals surface area (Å²) in [5.41, 5.74) is -0.434. The van der Waals surface area contributed by atoms with E-state index in [1.54, 1.807) is 11.8 Å². The van der Waals surface area contributed by atoms with E-state index in [0.29, 0.717) is 12.5 Å². The van der Waals surface area contributed by atoms with Crippen LogP contribution < -0.4 is 5.32 Å². The fourth-order valence-electron chi connectivity index (χ4n) is 1.68. The summed E-state index contributed by atoms with van der Waals surface area (Å²) in [6.45, 7) is 2.58. The zero-order chi connectivity index (χ0) is 14.4. The van der Waals surface area contributed by atoms with Gasteiger partial charge < -0.3 is 10.4 Å². The molecule has 0 amide bonds. The topological polar surface area (TPSA) is 92.5 Å². The number of hydrogen-bond donors (Lipinski definition) is 2. The van der Waals surface area contributed by atoms with Crippen LogP contribution in [0.15, 0.2) is 18.2 Å². The second-order valence-corrected chi connectivity index (χ2v) is 5.12. The quantitative estimate of drug-likeness (QED) is 0.590. The van der Waals surface area contributed by atoms with Crippen LogP contribution >= 0.6 is 11.8 Å². The van der Waals surface area contributed by atoms with Gasteiger partial charge in [-0.1, -0.05) is 13.0 Å². The summed E-state index contributed by atoms with van der Waals surface area (Å²) in [6, 6.07) is 4.26. The molecule has 0 radical (unpaired) electrons. The van der Waals surface area contributed by atoms with Gasteiger partial charge in [0.05, 0.1) is 4.92 Å². The lowest BCUT2D eigenvalue weighted by atomic mass is 10.1. The van der Waals surface area contributed by atoms with Gasteiger partial charge in [-0.15, -0.1) is 0 Å². The molecule has 0 aliphatic heterocycles. The van der Waals surface area contributed by atoms with Crippen molar-refractivity contribution in [2.45, 2.75) is 6.92 Å². The van der Waals surface area contributed by atoms with Crippen molar-refractivity contribution in [2.24, 2.45) is 5.92 Å². The van der Waals surface area contributed by atoms with Crippen LogP contribution in [0.1, 0.15) is 17.3 Å². The molecule has 6 nitrogen and oxygen atoms in total. The van der Waals surface area contributed by atoms with Gasteiger partial charge in [-0.3, -0.25) is 10.1 Å². The number of rotatable bonds is 7. The van der Waals surface area contributed by atoms with Gasteiger partial charge in [0.25, 0.3) is 0 Å². The molecule has 1 aromatic rings. The normalized spacial score (nSPS) is 11.9. The molecule has 19 heavy (non-hydrogen) atoms. The minimum Gasteiger partial charge on any atom is -0.477 e. The molecule has 0 bridgehead atoms. The van der Waals surface area contributed by atoms with Crippen molar-refractivity contribution < 1.29 is 14.8 Å². The van der Waals surface area contributed by atoms with Crippen LogP contribution in [0.25, 0.3) is 0 Å². The second-order valence-electron chi connectivity index (χ2n) is 4.21. The van der Waals surface area contributed by atoms with Gasteiger partial charge in [0.1, 0.15) is 11.3 Å². The third kappa shape index (κ3) is 4.13. The minimum atomic E-state index is -1.30. The molecule has 1 rings (SSSR count). The number of nitro groups is 1. The van der Waals surface area contributed by atoms with Gasteiger partial charge in [-0.2, -0.15) is 11.8 Å². The first kappa shape index (κ1) is 15.3. The van der Waals surface area contributed by atoms with E-state index in [0.717, 1.165) is 5.75 Å². The number of carboxylic acid groups (broad SMARTS) is 1. The Kier molecular flexibility index (Phi) is 5.62. The van der Waals surface area contributed by atoms with Gasteiger partial charge in [0.2, 0.25) is 0 Å². The van der Waals surface area contributed by atoms with Crippen molar-refractivity contribution in [3.05, 3.63) is 33.9 Å². The van der Waals surface area contributed by atoms with Gasteiger partial charge >= 0.3 is 11.7 Å². The third-order valence-electron chi connectivity index (χ3n) is 2.54. The van der Waals surface area contributed by atoms with E-state index in [1.807, 2.05) is 13.2 Å². The summed E-state index contributed by atoms with van der Waals surface area (Å²) in [7, 11) is 0. The maximum absolute atomic E-state index is 11.0. The van der Waals surface area contributed by atoms with Crippen LogP contribution in [0.2, 0.25) is 0 Å². The third-order valence-corrected chi connectivity index (χ3v) is 3.44. The molecule has 2 N–H and O–H groups in total. The van der Waals surface area contributed by atoms with Crippen LogP contribution in [-0.4, -0.2) is 34.6 Å². The summed E-state index contributed by atoms with van der Waals surface area (Å²) < 4.78 is 0. The number of hydrogen-bond acceptors (Lipinski definition) is 5. The Morgan fingerprint density at radius 3 is 2.79 bits per heavy atom. The number of para-hydroxylation sites is 1. The highest BCUT2D eigenvalue weighted by atomic mass is 32.2. The summed E-state index contributed by atoms with van der Waals surface area (Å²) in [5, 5.41) is 22.9. The van der Waals surface area contributed by atoms with E-state index in [2.05, 4.69) is 5.32 Å². The number of nitrogens with zero attached hydrogens (tertiary/aromatic N) is 1. The molecule has 0 fully saturated rings. The van der Waals surface area contributed by atoms with E-state index >= 15 is 0 Å². The Morgan fingerprint density at radius 1 is 1.58 bits per heavy atom. The lowest BCUT2D eigenvalue weighted by molar-refractivity contribution is -0.384. The SMILES string of the molecule is CSCC(C)CNc1cccc(C(=O)O)c1[N+](=O)[O-]. The molecule has 0 aromatic heterocycles. The second kappa shape index (κ2) is 6.98. The molecule has 104 valence electrons. The number of benzene rings is 1. The zero-order valence-electron chi connectivity index (χ0n) is 10.8. The molecule has 0 spiro atoms. The van der Waals surface area contributed by atoms with E-state index in [1.165, 1.54) is 18.2 Å². The van der Waals surface area contributed by atoms with Gasteiger partial charge in [-0.05, 0) is 30.1 Å². The highest BCUT2D eigenvalue weighted by Gasteiger charge is 2.24. The zero-order valence-corrected chi connectivity index (χ0v) is 11.6. The van der Waals surface area contributed by atoms with Crippen LogP contribution in [0, 0.1) is 16.0 Å². The van der Waals surface area contributed by atoms with Crippen molar-refractivity contribution in [1.29, 1.82) is 0 Å². The number of anilines is 1. The Bertz CT molecular complexity index is 479. The standard InChI is InChI=1S/C12H16N2O4S/c1-8(7-19-2)6-13-10-5-3-4-9(12(15)16)11(10)14(17)18/h3-5,8,13H,6-7H2,1-2H3,(H,15,16). The molecule has 0 saturated heterocycles. The molecule has 0 saturated carbocycles. The molecular formula is C12H16N2O4S. The van der Waals surface area contributed by atoms with Crippen LogP contribution in [0.5, 0.6) is 0 Å². The Morgan fingerprint density at radius 2 is 2.26 bits per heavy atom. The number of carboxylic acids is 1. The van der Waals surface area contributed by atoms with E-state index < -0.39 is 10.9 Å². The number of nitro benzene ring substituents is 1. The number of thioether (sulfide) groups is 1. The number of nitrogens with one attached hydrogen (secondary N) is 1. The van der Waals surface area contributed by atoms with Crippen molar-refractivity contribution in [1.82, 2.24) is 0 Å². The Hall–Kier alpha value is -1.76. The van der Waals surface area contributed by atoms with E-state index in [-0.39, 0.29) is 16.9 Å². The molecule has 1 aromatic carbocycles. The van der Waals surface area contributed by atoms with Crippen LogP contribution in [0.4, 0.5) is 11.4 Å². The lowest BCUT2D eigenvalue weighted by Gasteiger charge is -2.13. The first-order valence-electron chi connectivity index (χ1n) is 5.70. The average Bonchev–Trinajstić information content (AvgIpc) is 2.35. The Labute approximate surface area is 115 Å². The summed E-state index contributed by atoms with van der Waals surface area (Å²) in [5.74, 6) is -0.0324. The van der Waals surface area contributed by atoms with Gasteiger partial charge in [-0.25, -0.2) is 4.79 Å². The van der Waals surface area contributed by atoms with Crippen molar-refractivity contribution in [2.75, 3.05) is 23.9 Å². The fraction of sp³-hybridized carbons (Fsp3) is 0.417. The monoisotopic (exact) mass is 284 g/mol. The lowest BCUT2D eigenvalue weighted by Crippen LogP contribution is -2.15. The summed E-state index contributed by atoms with van der Waals surface area (Å²) >= 11 is 1.70. The van der Waals surface area contributed by atoms with Crippen molar-refractivity contribution >= 4 is 29.1 Å². The Balaban J connectivity index is 2.97. The van der Waals surface area contributed by atoms with Crippen LogP contribution in [0.3, 0.4) is 0 Å². The maximum Gasteiger partial charge on any atom is 0.342 e. The average molecular weight is 284 g/mol. The number of carbonyl (C=O) groups is 1. The molecule has 0 aliphatic rings. The number of aromatic carboxylic acids is 1. The molecule has 0 aliphatic carbocycles. The predicted molar refractivity (Wildman–Crippen MR) is 76.1 cm³/mol. The van der Waals surface area contributed by atoms with E-state index in [9.17, 15) is 14.9 Å². The molecular weight excluding hydrogens is 268 g/mol. The highest BCUT2D eigenvalue weighted by Crippen LogP contribution is 2.28. The largest absolute Gasteiger partial charge is 0.477 e. The highest BCUT2D eigenvalue weighted by molar-refractivity contribution is 7.98. The summed E-state index contributed by atoms with van der Waals surface area (Å²) in [6.07, 6.45) is 1.99. The molecule has 1 unspecified atom stereocenters. The van der Waals surface area contributed by atoms with Gasteiger partial charge in [0.15, 0.2) is 0 Å². The molecule has 7 heteroatoms. The molecule has 0 heterocycles. The first-order valence-corrected chi connectivity index (χ1v) is 7.10. The molecule has 1 atom stereocenters. The fourth-order valence-corrected chi connectivity index (χ4v) is 2.37. The smallest absolute Gasteiger partial charge is 0.342 e. The maximum atomic E-state index is 11.0. The minimum absolute atomic E-state index is 0.248. The van der Waals surface area contributed by atoms with Crippen LogP contribution in [-0.2, 0) is 0 Å². The summed E-state index contributed by atoms with van der Waals surface area (Å²) in [4.78, 5) is 21.3. The van der Waals surface area contributed by atoms with Gasteiger partial charge in [0, 0.05) is 6.54 Å². The predicted octanol–water partition coefficient (Wildman–Crippen LogP) is 2.70.